The normalized spacial score (nSPS) is 12.3. The molecule has 0 saturated heterocycles. The molecule has 61 heavy (non-hydrogen) atoms. The Bertz CT molecular complexity index is 4000. The lowest BCUT2D eigenvalue weighted by molar-refractivity contribution is 0.651. The monoisotopic (exact) mass is 776 g/mol. The second-order valence-corrected chi connectivity index (χ2v) is 16.1. The summed E-state index contributed by atoms with van der Waals surface area (Å²) in [5, 5.41) is 8.84. The molecule has 1 aliphatic heterocycles. The maximum Gasteiger partial charge on any atom is 0.238 e. The van der Waals surface area contributed by atoms with E-state index in [4.69, 9.17) is 14.4 Å². The lowest BCUT2D eigenvalue weighted by Crippen LogP contribution is -2.03. The highest BCUT2D eigenvalue weighted by molar-refractivity contribution is 6.22. The number of nitrogens with zero attached hydrogens (tertiary/aromatic N) is 4. The zero-order valence-corrected chi connectivity index (χ0v) is 32.7. The molecule has 0 saturated carbocycles. The lowest BCUT2D eigenvalue weighted by Gasteiger charge is -2.14. The molecule has 0 bridgehead atoms. The van der Waals surface area contributed by atoms with Gasteiger partial charge in [0.05, 0.1) is 38.8 Å². The Morgan fingerprint density at radius 3 is 1.79 bits per heavy atom. The van der Waals surface area contributed by atoms with Crippen molar-refractivity contribution in [3.8, 4) is 56.3 Å². The van der Waals surface area contributed by atoms with Gasteiger partial charge in [0.1, 0.15) is 5.58 Å². The Labute approximate surface area is 349 Å². The smallest absolute Gasteiger partial charge is 0.238 e. The van der Waals surface area contributed by atoms with Crippen molar-refractivity contribution in [2.75, 3.05) is 0 Å². The molecule has 5 heterocycles. The first-order valence-corrected chi connectivity index (χ1v) is 20.8. The van der Waals surface area contributed by atoms with E-state index in [9.17, 15) is 0 Å². The van der Waals surface area contributed by atoms with Crippen LogP contribution in [-0.2, 0) is 0 Å². The molecular formula is C56H32N4O. The topological polar surface area (TPSA) is 48.8 Å². The first-order valence-electron chi connectivity index (χ1n) is 20.8. The maximum absolute atomic E-state index is 6.65. The number of para-hydroxylation sites is 4. The molecule has 0 N–H and O–H groups in total. The predicted molar refractivity (Wildman–Crippen MR) is 251 cm³/mol. The molecule has 9 aromatic carbocycles. The quantitative estimate of drug-likeness (QED) is 0.180. The molecule has 0 amide bonds. The second-order valence-electron chi connectivity index (χ2n) is 16.1. The van der Waals surface area contributed by atoms with Gasteiger partial charge in [0.25, 0.3) is 0 Å². The average Bonchev–Trinajstić information content (AvgIpc) is 3.95. The van der Waals surface area contributed by atoms with Crippen LogP contribution in [0.3, 0.4) is 0 Å². The SMILES string of the molecule is c1ccc(-c2ccc(-c3nc(-n4c5ccccc5c5cc6c(cc54)c4cccc5c4n6-c4ccccc4-c4ccccc4-5)nc4oc5ccccc5c34)c3ccccc23)cc1. The van der Waals surface area contributed by atoms with Crippen LogP contribution in [0.2, 0.25) is 0 Å². The van der Waals surface area contributed by atoms with Gasteiger partial charge in [0, 0.05) is 43.6 Å². The summed E-state index contributed by atoms with van der Waals surface area (Å²) in [6.07, 6.45) is 0. The van der Waals surface area contributed by atoms with Crippen molar-refractivity contribution >= 4 is 76.5 Å². The van der Waals surface area contributed by atoms with Gasteiger partial charge in [-0.05, 0) is 63.4 Å². The largest absolute Gasteiger partial charge is 0.437 e. The highest BCUT2D eigenvalue weighted by Crippen LogP contribution is 2.48. The van der Waals surface area contributed by atoms with E-state index in [0.29, 0.717) is 11.7 Å². The van der Waals surface area contributed by atoms with Crippen LogP contribution >= 0.6 is 0 Å². The number of fused-ring (bicyclic) bond motifs is 15. The van der Waals surface area contributed by atoms with Crippen molar-refractivity contribution in [2.45, 2.75) is 0 Å². The summed E-state index contributed by atoms with van der Waals surface area (Å²) in [6.45, 7) is 0. The van der Waals surface area contributed by atoms with Gasteiger partial charge >= 0.3 is 0 Å². The van der Waals surface area contributed by atoms with Gasteiger partial charge in [-0.15, -0.1) is 0 Å². The third-order valence-electron chi connectivity index (χ3n) is 12.9. The number of aromatic nitrogens is 4. The van der Waals surface area contributed by atoms with E-state index >= 15 is 0 Å². The fourth-order valence-corrected chi connectivity index (χ4v) is 10.3. The van der Waals surface area contributed by atoms with E-state index in [1.807, 2.05) is 12.1 Å². The Hall–Kier alpha value is -8.28. The Morgan fingerprint density at radius 1 is 0.361 bits per heavy atom. The summed E-state index contributed by atoms with van der Waals surface area (Å²) < 4.78 is 11.4. The number of hydrogen-bond donors (Lipinski definition) is 0. The highest BCUT2D eigenvalue weighted by atomic mass is 16.3. The molecule has 282 valence electrons. The molecule has 0 radical (unpaired) electrons. The standard InChI is InChI=1S/C56H32N4O/c1-2-15-33(16-3-1)34-29-30-41(37-19-6-4-17-35(34)37)53-52-44-23-10-13-28-51(44)61-55(52)58-56(57-53)60-48-27-12-9-22-40(48)45-31-49-46(32-50(45)60)43-25-14-24-42-38-20-7-5-18-36(38)39-21-8-11-26-47(39)59(49)54(42)43/h1-32H. The van der Waals surface area contributed by atoms with Gasteiger partial charge in [0.15, 0.2) is 0 Å². The van der Waals surface area contributed by atoms with Gasteiger partial charge in [0.2, 0.25) is 11.7 Å². The fraction of sp³-hybridized carbons (Fsp3) is 0. The number of benzene rings is 9. The van der Waals surface area contributed by atoms with Gasteiger partial charge in [-0.2, -0.15) is 4.98 Å². The van der Waals surface area contributed by atoms with Crippen molar-refractivity contribution in [3.05, 3.63) is 194 Å². The molecule has 0 atom stereocenters. The third-order valence-corrected chi connectivity index (χ3v) is 12.9. The lowest BCUT2D eigenvalue weighted by atomic mass is 9.93. The molecule has 5 nitrogen and oxygen atoms in total. The average molecular weight is 777 g/mol. The Balaban J connectivity index is 1.10. The van der Waals surface area contributed by atoms with Crippen LogP contribution in [0.15, 0.2) is 199 Å². The third kappa shape index (κ3) is 4.44. The van der Waals surface area contributed by atoms with Crippen LogP contribution in [0, 0.1) is 0 Å². The summed E-state index contributed by atoms with van der Waals surface area (Å²) in [5.41, 5.74) is 16.1. The van der Waals surface area contributed by atoms with Crippen molar-refractivity contribution < 1.29 is 4.42 Å². The summed E-state index contributed by atoms with van der Waals surface area (Å²) in [7, 11) is 0. The summed E-state index contributed by atoms with van der Waals surface area (Å²) in [4.78, 5) is 11.0. The van der Waals surface area contributed by atoms with E-state index in [0.717, 1.165) is 60.3 Å². The van der Waals surface area contributed by atoms with Crippen molar-refractivity contribution in [1.82, 2.24) is 19.1 Å². The van der Waals surface area contributed by atoms with Crippen LogP contribution in [0.5, 0.6) is 0 Å². The van der Waals surface area contributed by atoms with Crippen molar-refractivity contribution in [3.63, 3.8) is 0 Å². The van der Waals surface area contributed by atoms with Crippen LogP contribution in [0.1, 0.15) is 0 Å². The predicted octanol–water partition coefficient (Wildman–Crippen LogP) is 14.7. The number of rotatable bonds is 3. The summed E-state index contributed by atoms with van der Waals surface area (Å²) in [6, 6.07) is 69.6. The second kappa shape index (κ2) is 12.1. The van der Waals surface area contributed by atoms with Gasteiger partial charge in [-0.3, -0.25) is 4.57 Å². The maximum atomic E-state index is 6.65. The van der Waals surface area contributed by atoms with E-state index in [2.05, 4.69) is 191 Å². The van der Waals surface area contributed by atoms with Gasteiger partial charge in [-0.25, -0.2) is 4.98 Å². The van der Waals surface area contributed by atoms with Crippen LogP contribution in [0.4, 0.5) is 0 Å². The summed E-state index contributed by atoms with van der Waals surface area (Å²) >= 11 is 0. The zero-order chi connectivity index (χ0) is 39.8. The zero-order valence-electron chi connectivity index (χ0n) is 32.7. The molecule has 0 spiro atoms. The van der Waals surface area contributed by atoms with E-state index < -0.39 is 0 Å². The van der Waals surface area contributed by atoms with E-state index in [1.165, 1.54) is 60.7 Å². The molecule has 1 aliphatic rings. The molecule has 0 fully saturated rings. The Kier molecular flexibility index (Phi) is 6.49. The van der Waals surface area contributed by atoms with Crippen molar-refractivity contribution in [1.29, 1.82) is 0 Å². The van der Waals surface area contributed by atoms with Crippen LogP contribution < -0.4 is 0 Å². The first kappa shape index (κ1) is 32.7. The first-order chi connectivity index (χ1) is 30.3. The van der Waals surface area contributed by atoms with E-state index in [1.54, 1.807) is 0 Å². The molecule has 0 aliphatic carbocycles. The van der Waals surface area contributed by atoms with Crippen LogP contribution in [0.25, 0.3) is 133 Å². The van der Waals surface area contributed by atoms with E-state index in [-0.39, 0.29) is 0 Å². The van der Waals surface area contributed by atoms with Crippen LogP contribution in [-0.4, -0.2) is 19.1 Å². The van der Waals surface area contributed by atoms with Gasteiger partial charge in [-0.1, -0.05) is 164 Å². The molecule has 14 rings (SSSR count). The molecule has 13 aromatic rings. The van der Waals surface area contributed by atoms with Crippen molar-refractivity contribution in [2.24, 2.45) is 0 Å². The minimum atomic E-state index is 0.558. The molecule has 5 heteroatoms. The number of furan rings is 1. The number of hydrogen-bond acceptors (Lipinski definition) is 3. The minimum absolute atomic E-state index is 0.558. The van der Waals surface area contributed by atoms with Gasteiger partial charge < -0.3 is 8.98 Å². The fourth-order valence-electron chi connectivity index (χ4n) is 10.3. The highest BCUT2D eigenvalue weighted by Gasteiger charge is 2.27. The summed E-state index contributed by atoms with van der Waals surface area (Å²) in [5.74, 6) is 0.563. The molecular weight excluding hydrogens is 745 g/mol. The molecule has 0 unspecified atom stereocenters. The minimum Gasteiger partial charge on any atom is -0.437 e. The molecule has 4 aromatic heterocycles. The Morgan fingerprint density at radius 2 is 0.951 bits per heavy atom.